The van der Waals surface area contributed by atoms with Crippen LogP contribution in [0.15, 0.2) is 24.4 Å². The normalized spacial score (nSPS) is 22.3. The first-order valence-electron chi connectivity index (χ1n) is 10.5. The minimum Gasteiger partial charge on any atom is -0.368 e. The second kappa shape index (κ2) is 7.61. The molecule has 5 nitrogen and oxygen atoms in total. The van der Waals surface area contributed by atoms with Gasteiger partial charge in [-0.2, -0.15) is 0 Å². The molecule has 2 aromatic rings. The number of aryl methyl sites for hydroxylation is 1. The van der Waals surface area contributed by atoms with Crippen molar-refractivity contribution in [2.45, 2.75) is 51.6 Å². The SMILES string of the molecule is Cc1ncc(C(=O)NC(C)C2CC2)c(N2CC[C@](C)(N)C2)c1-c1cc(F)cc(F)c1. The number of rotatable bonds is 5. The Labute approximate surface area is 175 Å². The molecule has 4 rings (SSSR count). The fraction of sp³-hybridized carbons (Fsp3) is 0.478. The zero-order valence-electron chi connectivity index (χ0n) is 17.6. The first-order valence-corrected chi connectivity index (χ1v) is 10.5. The van der Waals surface area contributed by atoms with Gasteiger partial charge in [0.25, 0.3) is 5.91 Å². The van der Waals surface area contributed by atoms with Crippen molar-refractivity contribution in [3.05, 3.63) is 47.3 Å². The fourth-order valence-corrected chi connectivity index (χ4v) is 4.31. The number of hydrogen-bond acceptors (Lipinski definition) is 4. The molecule has 1 aromatic carbocycles. The molecule has 7 heteroatoms. The quantitative estimate of drug-likeness (QED) is 0.781. The van der Waals surface area contributed by atoms with E-state index in [1.54, 1.807) is 13.1 Å². The number of pyridine rings is 1. The standard InChI is InChI=1S/C23H28F2N4O/c1-13(15-4-5-15)28-22(30)19-11-27-14(2)20(16-8-17(24)10-18(25)9-16)21(19)29-7-6-23(3,26)12-29/h8-11,13,15H,4-7,12,26H2,1-3H3,(H,28,30)/t13?,23-/m0/s1. The van der Waals surface area contributed by atoms with Gasteiger partial charge in [0.2, 0.25) is 0 Å². The van der Waals surface area contributed by atoms with Crippen LogP contribution in [0.5, 0.6) is 0 Å². The lowest BCUT2D eigenvalue weighted by Crippen LogP contribution is -2.40. The Kier molecular flexibility index (Phi) is 5.26. The molecular weight excluding hydrogens is 386 g/mol. The number of anilines is 1. The van der Waals surface area contributed by atoms with Crippen molar-refractivity contribution < 1.29 is 13.6 Å². The van der Waals surface area contributed by atoms with E-state index in [1.807, 2.05) is 18.7 Å². The molecule has 2 aliphatic rings. The average molecular weight is 415 g/mol. The average Bonchev–Trinajstić information content (AvgIpc) is 3.43. The number of hydrogen-bond donors (Lipinski definition) is 2. The maximum atomic E-state index is 14.0. The van der Waals surface area contributed by atoms with E-state index in [9.17, 15) is 13.6 Å². The van der Waals surface area contributed by atoms with Crippen LogP contribution in [0.1, 0.15) is 49.2 Å². The van der Waals surface area contributed by atoms with Gasteiger partial charge in [-0.3, -0.25) is 9.78 Å². The van der Waals surface area contributed by atoms with E-state index in [1.165, 1.54) is 12.1 Å². The summed E-state index contributed by atoms with van der Waals surface area (Å²) in [4.78, 5) is 19.7. The summed E-state index contributed by atoms with van der Waals surface area (Å²) in [6.07, 6.45) is 4.55. The van der Waals surface area contributed by atoms with Crippen molar-refractivity contribution in [2.24, 2.45) is 11.7 Å². The summed E-state index contributed by atoms with van der Waals surface area (Å²) in [7, 11) is 0. The highest BCUT2D eigenvalue weighted by molar-refractivity contribution is 6.03. The predicted octanol–water partition coefficient (Wildman–Crippen LogP) is 3.79. The first-order chi connectivity index (χ1) is 14.1. The first kappa shape index (κ1) is 20.7. The van der Waals surface area contributed by atoms with E-state index in [-0.39, 0.29) is 11.9 Å². The van der Waals surface area contributed by atoms with Gasteiger partial charge in [-0.25, -0.2) is 8.78 Å². The minimum atomic E-state index is -0.669. The summed E-state index contributed by atoms with van der Waals surface area (Å²) >= 11 is 0. The molecule has 0 spiro atoms. The molecule has 160 valence electrons. The highest BCUT2D eigenvalue weighted by Gasteiger charge is 2.35. The zero-order chi connectivity index (χ0) is 21.6. The second-order valence-electron chi connectivity index (χ2n) is 9.06. The molecule has 1 amide bonds. The van der Waals surface area contributed by atoms with Gasteiger partial charge in [-0.05, 0) is 63.6 Å². The number of aromatic nitrogens is 1. The Morgan fingerprint density at radius 1 is 1.30 bits per heavy atom. The smallest absolute Gasteiger partial charge is 0.255 e. The number of amides is 1. The Morgan fingerprint density at radius 3 is 2.53 bits per heavy atom. The van der Waals surface area contributed by atoms with Crippen LogP contribution < -0.4 is 16.0 Å². The van der Waals surface area contributed by atoms with Gasteiger partial charge in [-0.1, -0.05) is 0 Å². The molecule has 1 saturated carbocycles. The maximum Gasteiger partial charge on any atom is 0.255 e. The van der Waals surface area contributed by atoms with Crippen LogP contribution in [0.25, 0.3) is 11.1 Å². The third kappa shape index (κ3) is 4.17. The zero-order valence-corrected chi connectivity index (χ0v) is 17.6. The lowest BCUT2D eigenvalue weighted by Gasteiger charge is -2.28. The Morgan fingerprint density at radius 2 is 1.97 bits per heavy atom. The summed E-state index contributed by atoms with van der Waals surface area (Å²) in [6, 6.07) is 3.47. The number of nitrogens with one attached hydrogen (secondary N) is 1. The maximum absolute atomic E-state index is 14.0. The van der Waals surface area contributed by atoms with E-state index in [0.717, 1.165) is 25.3 Å². The summed E-state index contributed by atoms with van der Waals surface area (Å²) in [6.45, 7) is 6.96. The van der Waals surface area contributed by atoms with Gasteiger partial charge in [0.1, 0.15) is 11.6 Å². The van der Waals surface area contributed by atoms with Gasteiger partial charge in [0.05, 0.1) is 11.3 Å². The molecule has 30 heavy (non-hydrogen) atoms. The van der Waals surface area contributed by atoms with E-state index >= 15 is 0 Å². The van der Waals surface area contributed by atoms with E-state index < -0.39 is 17.2 Å². The molecule has 2 atom stereocenters. The summed E-state index contributed by atoms with van der Waals surface area (Å²) in [5, 5.41) is 3.08. The lowest BCUT2D eigenvalue weighted by atomic mass is 9.97. The molecular formula is C23H28F2N4O. The van der Waals surface area contributed by atoms with Gasteiger partial charge < -0.3 is 16.0 Å². The summed E-state index contributed by atoms with van der Waals surface area (Å²) in [5.41, 5.74) is 8.54. The number of halogens is 2. The molecule has 1 saturated heterocycles. The van der Waals surface area contributed by atoms with E-state index in [4.69, 9.17) is 5.73 Å². The van der Waals surface area contributed by atoms with Crippen LogP contribution in [0.4, 0.5) is 14.5 Å². The minimum absolute atomic E-state index is 0.0695. The molecule has 1 aromatic heterocycles. The Hall–Kier alpha value is -2.54. The van der Waals surface area contributed by atoms with E-state index in [0.29, 0.717) is 47.1 Å². The third-order valence-electron chi connectivity index (χ3n) is 6.15. The van der Waals surface area contributed by atoms with Gasteiger partial charge in [-0.15, -0.1) is 0 Å². The van der Waals surface area contributed by atoms with Crippen LogP contribution in [-0.2, 0) is 0 Å². The van der Waals surface area contributed by atoms with Crippen LogP contribution in [0, 0.1) is 24.5 Å². The lowest BCUT2D eigenvalue weighted by molar-refractivity contribution is 0.0936. The predicted molar refractivity (Wildman–Crippen MR) is 113 cm³/mol. The molecule has 0 bridgehead atoms. The van der Waals surface area contributed by atoms with Crippen molar-refractivity contribution in [3.63, 3.8) is 0 Å². The second-order valence-corrected chi connectivity index (χ2v) is 9.06. The number of carbonyl (C=O) groups excluding carboxylic acids is 1. The topological polar surface area (TPSA) is 71.2 Å². The third-order valence-corrected chi connectivity index (χ3v) is 6.15. The van der Waals surface area contributed by atoms with Gasteiger partial charge in [0, 0.05) is 48.2 Å². The fourth-order valence-electron chi connectivity index (χ4n) is 4.31. The molecule has 1 aliphatic heterocycles. The van der Waals surface area contributed by atoms with Crippen molar-refractivity contribution in [1.82, 2.24) is 10.3 Å². The molecule has 2 heterocycles. The molecule has 3 N–H and O–H groups in total. The number of nitrogens with zero attached hydrogens (tertiary/aromatic N) is 2. The monoisotopic (exact) mass is 414 g/mol. The van der Waals surface area contributed by atoms with Crippen LogP contribution in [0.2, 0.25) is 0 Å². The van der Waals surface area contributed by atoms with Crippen molar-refractivity contribution in [1.29, 1.82) is 0 Å². The molecule has 1 aliphatic carbocycles. The van der Waals surface area contributed by atoms with Crippen LogP contribution >= 0.6 is 0 Å². The highest BCUT2D eigenvalue weighted by Crippen LogP contribution is 2.40. The number of carbonyl (C=O) groups is 1. The summed E-state index contributed by atoms with van der Waals surface area (Å²) in [5.74, 6) is -1.05. The van der Waals surface area contributed by atoms with Gasteiger partial charge >= 0.3 is 0 Å². The van der Waals surface area contributed by atoms with Gasteiger partial charge in [0.15, 0.2) is 0 Å². The van der Waals surface area contributed by atoms with Crippen molar-refractivity contribution in [3.8, 4) is 11.1 Å². The highest BCUT2D eigenvalue weighted by atomic mass is 19.1. The Balaban J connectivity index is 1.84. The number of benzene rings is 1. The molecule has 0 radical (unpaired) electrons. The summed E-state index contributed by atoms with van der Waals surface area (Å²) < 4.78 is 28.1. The largest absolute Gasteiger partial charge is 0.368 e. The van der Waals surface area contributed by atoms with Crippen molar-refractivity contribution in [2.75, 3.05) is 18.0 Å². The molecule has 1 unspecified atom stereocenters. The number of nitrogens with two attached hydrogens (primary N) is 1. The van der Waals surface area contributed by atoms with E-state index in [2.05, 4.69) is 10.3 Å². The van der Waals surface area contributed by atoms with Crippen molar-refractivity contribution >= 4 is 11.6 Å². The Bertz CT molecular complexity index is 967. The van der Waals surface area contributed by atoms with Crippen LogP contribution in [0.3, 0.4) is 0 Å². The molecule has 2 fully saturated rings. The van der Waals surface area contributed by atoms with Crippen LogP contribution in [-0.4, -0.2) is 35.6 Å².